The first-order valence-electron chi connectivity index (χ1n) is 9.13. The number of carbonyl (C=O) groups is 2. The second-order valence-corrected chi connectivity index (χ2v) is 6.44. The van der Waals surface area contributed by atoms with Crippen molar-refractivity contribution in [1.82, 2.24) is 5.32 Å². The van der Waals surface area contributed by atoms with E-state index in [0.717, 1.165) is 38.5 Å². The Bertz CT molecular complexity index is 413. The zero-order valence-corrected chi connectivity index (χ0v) is 41.7. The zero-order valence-electron chi connectivity index (χ0n) is 18.0. The molecule has 0 aromatic heterocycles. The number of carbonyl (C=O) groups excluding carboxylic acids is 1. The van der Waals surface area contributed by atoms with Gasteiger partial charge in [0, 0.05) is 233 Å². The van der Waals surface area contributed by atoms with Gasteiger partial charge in [0.15, 0.2) is 6.10 Å². The predicted molar refractivity (Wildman–Crippen MR) is 93.3 cm³/mol. The van der Waals surface area contributed by atoms with Gasteiger partial charge in [-0.15, -0.1) is 0 Å². The van der Waals surface area contributed by atoms with Gasteiger partial charge in [-0.3, -0.25) is 9.59 Å². The number of unbranched alkanes of at least 4 members (excludes halogenated alkanes) is 7. The van der Waals surface area contributed by atoms with Crippen LogP contribution in [0.15, 0.2) is 0 Å². The molecule has 14 heteroatoms. The van der Waals surface area contributed by atoms with Crippen LogP contribution in [-0.2, 0) is 9.59 Å². The maximum Gasteiger partial charge on any atom is 0.303 e. The Morgan fingerprint density at radius 1 is 0.677 bits per heavy atom. The monoisotopic (exact) mass is 1510 g/mol. The molecular weight excluding hydrogens is 1480 g/mol. The zero-order chi connectivity index (χ0) is 19.9. The number of rotatable bonds is 16. The molecule has 0 aromatic carbocycles. The maximum absolute atomic E-state index is 11.7. The van der Waals surface area contributed by atoms with Crippen LogP contribution in [0.1, 0.15) is 57.8 Å². The Balaban J connectivity index is -0.000000312. The van der Waals surface area contributed by atoms with Crippen molar-refractivity contribution in [3.63, 3.8) is 0 Å². The van der Waals surface area contributed by atoms with Gasteiger partial charge in [0.25, 0.3) is 5.91 Å². The van der Waals surface area contributed by atoms with Gasteiger partial charge in [-0.1, -0.05) is 38.5 Å². The molecular formula is C17H33Ac5NO8. The standard InChI is InChI=1S/C17H33NO8.5Ac/c19-11-12(20)14(23)15(24)16(25)17(26)18-10-8-6-4-2-1-3-5-7-9-13(21)22;;;;;/h12,14-16,19-20,23-25H,1-11H2,(H,18,26)(H,21,22);;;;;/t12-,14-,15+,16-;;;;;/m1...../s1. The Morgan fingerprint density at radius 2 is 1.10 bits per heavy atom. The molecule has 1 amide bonds. The fourth-order valence-corrected chi connectivity index (χ4v) is 2.46. The SMILES string of the molecule is O=C(O)CCCCCCCCCCNC(=O)[C@H](O)[C@@H](O)[C@H](O)[C@H](O)CO.[Ac].[Ac].[Ac].[Ac].[Ac]. The van der Waals surface area contributed by atoms with Gasteiger partial charge in [0.2, 0.25) is 0 Å². The van der Waals surface area contributed by atoms with Crippen LogP contribution in [0.4, 0.5) is 0 Å². The van der Waals surface area contributed by atoms with Gasteiger partial charge >= 0.3 is 5.97 Å². The molecule has 0 heterocycles. The number of carboxylic acid groups (broad SMARTS) is 1. The van der Waals surface area contributed by atoms with E-state index in [0.29, 0.717) is 19.4 Å². The van der Waals surface area contributed by atoms with Crippen molar-refractivity contribution in [2.24, 2.45) is 0 Å². The third-order valence-electron chi connectivity index (χ3n) is 4.14. The summed E-state index contributed by atoms with van der Waals surface area (Å²) in [6.45, 7) is -0.480. The van der Waals surface area contributed by atoms with Crippen LogP contribution in [0, 0.1) is 220 Å². The van der Waals surface area contributed by atoms with Crippen LogP contribution >= 0.6 is 0 Å². The molecule has 7 N–H and O–H groups in total. The molecule has 0 fully saturated rings. The molecule has 0 saturated heterocycles. The number of aliphatic hydroxyl groups excluding tert-OH is 5. The van der Waals surface area contributed by atoms with E-state index in [1.54, 1.807) is 0 Å². The van der Waals surface area contributed by atoms with Crippen LogP contribution in [0.2, 0.25) is 0 Å². The van der Waals surface area contributed by atoms with Crippen molar-refractivity contribution in [1.29, 1.82) is 0 Å². The van der Waals surface area contributed by atoms with Gasteiger partial charge in [-0.25, -0.2) is 0 Å². The summed E-state index contributed by atoms with van der Waals surface area (Å²) in [6, 6.07) is 0. The van der Waals surface area contributed by atoms with E-state index < -0.39 is 42.9 Å². The Morgan fingerprint density at radius 3 is 1.52 bits per heavy atom. The Hall–Kier alpha value is 5.95. The molecule has 31 heavy (non-hydrogen) atoms. The van der Waals surface area contributed by atoms with Crippen molar-refractivity contribution >= 4 is 11.9 Å². The maximum atomic E-state index is 11.7. The van der Waals surface area contributed by atoms with Crippen LogP contribution in [-0.4, -0.2) is 80.1 Å². The van der Waals surface area contributed by atoms with E-state index >= 15 is 0 Å². The van der Waals surface area contributed by atoms with Gasteiger partial charge in [0.1, 0.15) is 18.3 Å². The largest absolute Gasteiger partial charge is 0.481 e. The third-order valence-corrected chi connectivity index (χ3v) is 4.14. The van der Waals surface area contributed by atoms with E-state index in [4.69, 9.17) is 10.2 Å². The number of carboxylic acids is 1. The predicted octanol–water partition coefficient (Wildman–Crippen LogP) is -0.866. The molecule has 0 spiro atoms. The third kappa shape index (κ3) is 28.8. The summed E-state index contributed by atoms with van der Waals surface area (Å²) in [4.78, 5) is 22.0. The average molecular weight is 1510 g/mol. The second-order valence-electron chi connectivity index (χ2n) is 6.44. The van der Waals surface area contributed by atoms with Crippen LogP contribution in [0.3, 0.4) is 0 Å². The van der Waals surface area contributed by atoms with Crippen LogP contribution in [0.25, 0.3) is 0 Å². The molecule has 0 aliphatic carbocycles. The summed E-state index contributed by atoms with van der Waals surface area (Å²) >= 11 is 0. The van der Waals surface area contributed by atoms with Crippen molar-refractivity contribution in [3.05, 3.63) is 0 Å². The second kappa shape index (κ2) is 34.0. The van der Waals surface area contributed by atoms with Crippen LogP contribution in [0.5, 0.6) is 0 Å². The smallest absolute Gasteiger partial charge is 0.303 e. The summed E-state index contributed by atoms with van der Waals surface area (Å²) in [7, 11) is 0. The first-order valence-corrected chi connectivity index (χ1v) is 9.13. The number of amides is 1. The van der Waals surface area contributed by atoms with E-state index in [9.17, 15) is 30.0 Å². The van der Waals surface area contributed by atoms with Gasteiger partial charge in [-0.2, -0.15) is 0 Å². The van der Waals surface area contributed by atoms with E-state index in [1.165, 1.54) is 0 Å². The quantitative estimate of drug-likeness (QED) is 0.0982. The molecule has 4 atom stereocenters. The molecule has 0 unspecified atom stereocenters. The minimum atomic E-state index is -1.89. The number of hydrogen-bond acceptors (Lipinski definition) is 7. The van der Waals surface area contributed by atoms with E-state index in [-0.39, 0.29) is 227 Å². The first-order chi connectivity index (χ1) is 12.3. The summed E-state index contributed by atoms with van der Waals surface area (Å²) in [5.41, 5.74) is 0. The van der Waals surface area contributed by atoms with E-state index in [2.05, 4.69) is 5.32 Å². The minimum Gasteiger partial charge on any atom is -0.481 e. The first kappa shape index (κ1) is 49.9. The number of aliphatic carboxylic acids is 1. The van der Waals surface area contributed by atoms with Crippen molar-refractivity contribution in [3.8, 4) is 0 Å². The Labute approximate surface area is 363 Å². The fraction of sp³-hybridized carbons (Fsp3) is 0.882. The number of hydrogen-bond donors (Lipinski definition) is 7. The van der Waals surface area contributed by atoms with Crippen molar-refractivity contribution < 1.29 is 261 Å². The van der Waals surface area contributed by atoms with Gasteiger partial charge < -0.3 is 36.0 Å². The molecule has 9 nitrogen and oxygen atoms in total. The number of aliphatic hydroxyl groups is 5. The molecule has 0 saturated carbocycles. The normalized spacial score (nSPS) is 13.3. The summed E-state index contributed by atoms with van der Waals surface area (Å²) in [5.74, 6) is -1.61. The summed E-state index contributed by atoms with van der Waals surface area (Å²) in [6.07, 6.45) is 0.264. The molecule has 5 radical (unpaired) electrons. The van der Waals surface area contributed by atoms with Crippen molar-refractivity contribution in [2.45, 2.75) is 82.2 Å². The molecule has 0 aromatic rings. The minimum absolute atomic E-state index is 0. The summed E-state index contributed by atoms with van der Waals surface area (Å²) < 4.78 is 0. The fourth-order valence-electron chi connectivity index (χ4n) is 2.46. The van der Waals surface area contributed by atoms with Crippen LogP contribution < -0.4 is 5.32 Å². The molecule has 0 aliphatic rings. The van der Waals surface area contributed by atoms with E-state index in [1.807, 2.05) is 0 Å². The molecule has 0 bridgehead atoms. The van der Waals surface area contributed by atoms with Crippen molar-refractivity contribution in [2.75, 3.05) is 13.2 Å². The topological polar surface area (TPSA) is 168 Å². The number of nitrogens with one attached hydrogen (secondary N) is 1. The molecule has 0 rings (SSSR count). The molecule has 169 valence electrons. The summed E-state index contributed by atoms with van der Waals surface area (Å²) in [5, 5.41) is 57.5. The van der Waals surface area contributed by atoms with Gasteiger partial charge in [-0.05, 0) is 12.8 Å². The molecule has 0 aliphatic heterocycles. The Kier molecular flexibility index (Phi) is 54.6. The average Bonchev–Trinajstić information content (AvgIpc) is 2.62. The van der Waals surface area contributed by atoms with Gasteiger partial charge in [0.05, 0.1) is 6.61 Å².